The van der Waals surface area contributed by atoms with Crippen molar-refractivity contribution in [2.75, 3.05) is 6.54 Å². The minimum absolute atomic E-state index is 0.0167. The van der Waals surface area contributed by atoms with E-state index in [9.17, 15) is 9.18 Å². The molecular weight excluding hydrogens is 157 g/mol. The van der Waals surface area contributed by atoms with Gasteiger partial charge in [0.1, 0.15) is 6.17 Å². The van der Waals surface area contributed by atoms with E-state index in [1.807, 2.05) is 13.8 Å². The first-order valence-corrected chi connectivity index (χ1v) is 4.57. The number of hydrogen-bond acceptors (Lipinski definition) is 1. The quantitative estimate of drug-likeness (QED) is 0.688. The van der Waals surface area contributed by atoms with Gasteiger partial charge in [0, 0.05) is 12.5 Å². The van der Waals surface area contributed by atoms with Gasteiger partial charge in [0.05, 0.1) is 0 Å². The summed E-state index contributed by atoms with van der Waals surface area (Å²) in [6.07, 6.45) is 0.475. The molecule has 3 heteroatoms. The Balaban J connectivity index is 2.27. The highest BCUT2D eigenvalue weighted by atomic mass is 19.1. The minimum atomic E-state index is -0.660. The van der Waals surface area contributed by atoms with Crippen molar-refractivity contribution in [1.29, 1.82) is 0 Å². The van der Waals surface area contributed by atoms with Gasteiger partial charge in [0.15, 0.2) is 0 Å². The van der Waals surface area contributed by atoms with Crippen LogP contribution in [-0.4, -0.2) is 18.6 Å². The van der Waals surface area contributed by atoms with E-state index in [1.54, 1.807) is 0 Å². The number of carbonyl (C=O) groups excluding carboxylic acids is 1. The summed E-state index contributed by atoms with van der Waals surface area (Å²) in [7, 11) is 0. The zero-order chi connectivity index (χ0) is 9.14. The van der Waals surface area contributed by atoms with Gasteiger partial charge in [0.2, 0.25) is 5.91 Å². The van der Waals surface area contributed by atoms with Crippen LogP contribution in [0.15, 0.2) is 0 Å². The second-order valence-electron chi connectivity index (χ2n) is 3.51. The second kappa shape index (κ2) is 3.87. The molecule has 1 N–H and O–H groups in total. The molecule has 0 aromatic rings. The van der Waals surface area contributed by atoms with E-state index in [1.165, 1.54) is 0 Å². The van der Waals surface area contributed by atoms with Crippen molar-refractivity contribution in [2.24, 2.45) is 11.8 Å². The molecule has 0 aliphatic heterocycles. The molecule has 1 amide bonds. The maximum absolute atomic E-state index is 12.4. The predicted octanol–water partition coefficient (Wildman–Crippen LogP) is 1.51. The molecule has 70 valence electrons. The molecule has 0 unspecified atom stereocenters. The van der Waals surface area contributed by atoms with Gasteiger partial charge < -0.3 is 5.32 Å². The van der Waals surface area contributed by atoms with E-state index in [2.05, 4.69) is 5.32 Å². The van der Waals surface area contributed by atoms with Crippen LogP contribution in [0.2, 0.25) is 0 Å². The number of nitrogens with one attached hydrogen (secondary N) is 1. The molecule has 0 radical (unpaired) electrons. The summed E-state index contributed by atoms with van der Waals surface area (Å²) in [5.74, 6) is 0.317. The van der Waals surface area contributed by atoms with Crippen LogP contribution in [0.25, 0.3) is 0 Å². The van der Waals surface area contributed by atoms with Crippen molar-refractivity contribution in [3.05, 3.63) is 0 Å². The Labute approximate surface area is 72.5 Å². The molecule has 1 aliphatic carbocycles. The van der Waals surface area contributed by atoms with Crippen LogP contribution in [-0.2, 0) is 4.79 Å². The lowest BCUT2D eigenvalue weighted by molar-refractivity contribution is -0.127. The number of hydrogen-bond donors (Lipinski definition) is 1. The molecule has 12 heavy (non-hydrogen) atoms. The van der Waals surface area contributed by atoms with Crippen LogP contribution in [0.4, 0.5) is 4.39 Å². The van der Waals surface area contributed by atoms with Crippen molar-refractivity contribution in [3.8, 4) is 0 Å². The monoisotopic (exact) mass is 173 g/mol. The van der Waals surface area contributed by atoms with Gasteiger partial charge in [-0.3, -0.25) is 4.79 Å². The summed E-state index contributed by atoms with van der Waals surface area (Å²) in [4.78, 5) is 11.3. The molecule has 1 aliphatic rings. The number of alkyl halides is 1. The SMILES string of the molecule is CCNC(=O)[C@H](C)C1CC(F)C1. The Kier molecular flexibility index (Phi) is 3.06. The lowest BCUT2D eigenvalue weighted by Crippen LogP contribution is -2.39. The number of rotatable bonds is 3. The summed E-state index contributed by atoms with van der Waals surface area (Å²) in [5.41, 5.74) is 0. The van der Waals surface area contributed by atoms with Gasteiger partial charge >= 0.3 is 0 Å². The van der Waals surface area contributed by atoms with Gasteiger partial charge in [-0.1, -0.05) is 6.92 Å². The Morgan fingerprint density at radius 3 is 2.67 bits per heavy atom. The zero-order valence-electron chi connectivity index (χ0n) is 7.64. The molecule has 0 spiro atoms. The fraction of sp³-hybridized carbons (Fsp3) is 0.889. The average molecular weight is 173 g/mol. The minimum Gasteiger partial charge on any atom is -0.356 e. The Morgan fingerprint density at radius 2 is 2.25 bits per heavy atom. The summed E-state index contributed by atoms with van der Waals surface area (Å²) in [6.45, 7) is 4.43. The Bertz CT molecular complexity index is 166. The summed E-state index contributed by atoms with van der Waals surface area (Å²) >= 11 is 0. The first kappa shape index (κ1) is 9.49. The van der Waals surface area contributed by atoms with Crippen molar-refractivity contribution in [3.63, 3.8) is 0 Å². The Hall–Kier alpha value is -0.600. The third kappa shape index (κ3) is 1.96. The molecule has 0 heterocycles. The average Bonchev–Trinajstić information content (AvgIpc) is 1.98. The molecule has 0 aromatic heterocycles. The molecule has 0 bridgehead atoms. The molecule has 0 aromatic carbocycles. The topological polar surface area (TPSA) is 29.1 Å². The van der Waals surface area contributed by atoms with E-state index in [4.69, 9.17) is 0 Å². The fourth-order valence-corrected chi connectivity index (χ4v) is 1.55. The fourth-order valence-electron chi connectivity index (χ4n) is 1.55. The molecule has 1 fully saturated rings. The van der Waals surface area contributed by atoms with Crippen LogP contribution < -0.4 is 5.32 Å². The van der Waals surface area contributed by atoms with E-state index >= 15 is 0 Å². The van der Waals surface area contributed by atoms with Crippen LogP contribution in [0.1, 0.15) is 26.7 Å². The standard InChI is InChI=1S/C9H16FNO/c1-3-11-9(12)6(2)7-4-8(10)5-7/h6-8H,3-5H2,1-2H3,(H,11,12)/t6-,7?,8?/m1/s1. The Morgan fingerprint density at radius 1 is 1.67 bits per heavy atom. The third-order valence-corrected chi connectivity index (χ3v) is 2.59. The van der Waals surface area contributed by atoms with Crippen molar-refractivity contribution in [2.45, 2.75) is 32.9 Å². The molecule has 2 nitrogen and oxygen atoms in total. The van der Waals surface area contributed by atoms with Gasteiger partial charge in [0.25, 0.3) is 0 Å². The number of carbonyl (C=O) groups is 1. The highest BCUT2D eigenvalue weighted by Crippen LogP contribution is 2.35. The van der Waals surface area contributed by atoms with Crippen LogP contribution in [0, 0.1) is 11.8 Å². The van der Waals surface area contributed by atoms with Crippen LogP contribution in [0.3, 0.4) is 0 Å². The molecule has 1 rings (SSSR count). The smallest absolute Gasteiger partial charge is 0.223 e. The van der Waals surface area contributed by atoms with E-state index in [0.29, 0.717) is 19.4 Å². The normalized spacial score (nSPS) is 30.6. The van der Waals surface area contributed by atoms with Crippen molar-refractivity contribution < 1.29 is 9.18 Å². The van der Waals surface area contributed by atoms with Gasteiger partial charge in [-0.2, -0.15) is 0 Å². The second-order valence-corrected chi connectivity index (χ2v) is 3.51. The highest BCUT2D eigenvalue weighted by molar-refractivity contribution is 5.78. The van der Waals surface area contributed by atoms with E-state index < -0.39 is 6.17 Å². The maximum Gasteiger partial charge on any atom is 0.223 e. The number of halogens is 1. The zero-order valence-corrected chi connectivity index (χ0v) is 7.64. The van der Waals surface area contributed by atoms with Gasteiger partial charge in [-0.05, 0) is 25.7 Å². The van der Waals surface area contributed by atoms with Gasteiger partial charge in [-0.15, -0.1) is 0 Å². The predicted molar refractivity (Wildman–Crippen MR) is 45.5 cm³/mol. The summed E-state index contributed by atoms with van der Waals surface area (Å²) in [6, 6.07) is 0. The highest BCUT2D eigenvalue weighted by Gasteiger charge is 2.35. The van der Waals surface area contributed by atoms with E-state index in [0.717, 1.165) is 0 Å². The molecule has 0 saturated heterocycles. The molecule has 1 saturated carbocycles. The van der Waals surface area contributed by atoms with E-state index in [-0.39, 0.29) is 17.7 Å². The molecular formula is C9H16FNO. The largest absolute Gasteiger partial charge is 0.356 e. The maximum atomic E-state index is 12.4. The first-order valence-electron chi connectivity index (χ1n) is 4.57. The van der Waals surface area contributed by atoms with Gasteiger partial charge in [-0.25, -0.2) is 4.39 Å². The van der Waals surface area contributed by atoms with Crippen molar-refractivity contribution >= 4 is 5.91 Å². The van der Waals surface area contributed by atoms with Crippen molar-refractivity contribution in [1.82, 2.24) is 5.32 Å². The molecule has 1 atom stereocenters. The summed E-state index contributed by atoms with van der Waals surface area (Å²) < 4.78 is 12.4. The first-order chi connectivity index (χ1) is 5.65. The van der Waals surface area contributed by atoms with Crippen LogP contribution in [0.5, 0.6) is 0 Å². The third-order valence-electron chi connectivity index (χ3n) is 2.59. The van der Waals surface area contributed by atoms with Crippen LogP contribution >= 0.6 is 0 Å². The lowest BCUT2D eigenvalue weighted by Gasteiger charge is -2.33. The lowest BCUT2D eigenvalue weighted by atomic mass is 9.75. The summed E-state index contributed by atoms with van der Waals surface area (Å²) in [5, 5.41) is 2.75. The number of amides is 1.